The molecule has 0 radical (unpaired) electrons. The smallest absolute Gasteiger partial charge is 0.222 e. The van der Waals surface area contributed by atoms with Gasteiger partial charge < -0.3 is 4.90 Å². The second-order valence-corrected chi connectivity index (χ2v) is 4.92. The fourth-order valence-electron chi connectivity index (χ4n) is 2.44. The number of rotatable bonds is 4. The molecule has 7 heteroatoms. The van der Waals surface area contributed by atoms with E-state index >= 15 is 0 Å². The summed E-state index contributed by atoms with van der Waals surface area (Å²) in [4.78, 5) is 17.5. The molecular formula is C14H14F2N4O. The molecule has 2 aromatic rings. The van der Waals surface area contributed by atoms with E-state index in [-0.39, 0.29) is 5.91 Å². The van der Waals surface area contributed by atoms with E-state index in [2.05, 4.69) is 10.1 Å². The number of benzene rings is 1. The highest BCUT2D eigenvalue weighted by molar-refractivity contribution is 5.78. The molecule has 3 rings (SSSR count). The maximum Gasteiger partial charge on any atom is 0.222 e. The molecule has 1 amide bonds. The Bertz CT molecular complexity index is 671. The molecule has 1 aliphatic heterocycles. The Labute approximate surface area is 120 Å². The lowest BCUT2D eigenvalue weighted by Gasteiger charge is -2.15. The van der Waals surface area contributed by atoms with Crippen LogP contribution in [0.1, 0.15) is 18.7 Å². The van der Waals surface area contributed by atoms with Crippen molar-refractivity contribution in [1.29, 1.82) is 0 Å². The number of amides is 1. The number of likely N-dealkylation sites (tertiary alicyclic amines) is 1. The van der Waals surface area contributed by atoms with Gasteiger partial charge in [-0.05, 0) is 18.6 Å². The van der Waals surface area contributed by atoms with Crippen LogP contribution in [0.4, 0.5) is 8.78 Å². The van der Waals surface area contributed by atoms with Gasteiger partial charge in [-0.2, -0.15) is 5.10 Å². The standard InChI is InChI=1S/C14H14F2N4O/c15-11-4-3-10(8-12(11)16)20-13(17-9-18-20)5-7-19-6-1-2-14(19)21/h3-4,8-9H,1-2,5-7H2. The molecule has 1 aliphatic rings. The summed E-state index contributed by atoms with van der Waals surface area (Å²) >= 11 is 0. The first-order chi connectivity index (χ1) is 10.1. The van der Waals surface area contributed by atoms with Crippen LogP contribution in [0.2, 0.25) is 0 Å². The lowest BCUT2D eigenvalue weighted by Crippen LogP contribution is -2.27. The summed E-state index contributed by atoms with van der Waals surface area (Å²) in [6.07, 6.45) is 3.36. The SMILES string of the molecule is O=C1CCCN1CCc1ncnn1-c1ccc(F)c(F)c1. The van der Waals surface area contributed by atoms with Gasteiger partial charge in [-0.25, -0.2) is 18.4 Å². The van der Waals surface area contributed by atoms with Crippen LogP contribution < -0.4 is 0 Å². The van der Waals surface area contributed by atoms with E-state index in [1.165, 1.54) is 17.1 Å². The third kappa shape index (κ3) is 2.76. The molecule has 0 bridgehead atoms. The topological polar surface area (TPSA) is 51.0 Å². The first-order valence-corrected chi connectivity index (χ1v) is 6.77. The number of carbonyl (C=O) groups excluding carboxylic acids is 1. The van der Waals surface area contributed by atoms with E-state index in [9.17, 15) is 13.6 Å². The molecule has 0 aliphatic carbocycles. The Hall–Kier alpha value is -2.31. The summed E-state index contributed by atoms with van der Waals surface area (Å²) in [5.74, 6) is -1.07. The van der Waals surface area contributed by atoms with E-state index in [1.54, 1.807) is 4.90 Å². The third-order valence-electron chi connectivity index (χ3n) is 3.54. The van der Waals surface area contributed by atoms with E-state index < -0.39 is 11.6 Å². The van der Waals surface area contributed by atoms with E-state index in [0.717, 1.165) is 25.1 Å². The predicted molar refractivity (Wildman–Crippen MR) is 70.8 cm³/mol. The molecule has 0 spiro atoms. The summed E-state index contributed by atoms with van der Waals surface area (Å²) < 4.78 is 27.7. The Morgan fingerprint density at radius 1 is 1.24 bits per heavy atom. The van der Waals surface area contributed by atoms with Crippen LogP contribution in [0, 0.1) is 11.6 Å². The van der Waals surface area contributed by atoms with Gasteiger partial charge in [0.05, 0.1) is 5.69 Å². The Morgan fingerprint density at radius 3 is 2.81 bits per heavy atom. The molecule has 0 saturated carbocycles. The molecule has 110 valence electrons. The minimum atomic E-state index is -0.927. The first kappa shape index (κ1) is 13.7. The zero-order chi connectivity index (χ0) is 14.8. The van der Waals surface area contributed by atoms with Gasteiger partial charge in [0, 0.05) is 32.0 Å². The van der Waals surface area contributed by atoms with Gasteiger partial charge in [0.25, 0.3) is 0 Å². The fourth-order valence-corrected chi connectivity index (χ4v) is 2.44. The van der Waals surface area contributed by atoms with Crippen molar-refractivity contribution in [3.63, 3.8) is 0 Å². The minimum absolute atomic E-state index is 0.147. The van der Waals surface area contributed by atoms with Crippen LogP contribution in [-0.4, -0.2) is 38.7 Å². The quantitative estimate of drug-likeness (QED) is 0.862. The Kier molecular flexibility index (Phi) is 3.64. The maximum absolute atomic E-state index is 13.3. The van der Waals surface area contributed by atoms with Gasteiger partial charge in [-0.3, -0.25) is 4.79 Å². The summed E-state index contributed by atoms with van der Waals surface area (Å²) in [6, 6.07) is 3.58. The average Bonchev–Trinajstić information content (AvgIpc) is 3.08. The number of hydrogen-bond acceptors (Lipinski definition) is 3. The molecule has 1 fully saturated rings. The van der Waals surface area contributed by atoms with Crippen molar-refractivity contribution in [2.45, 2.75) is 19.3 Å². The molecule has 0 unspecified atom stereocenters. The normalized spacial score (nSPS) is 15.0. The highest BCUT2D eigenvalue weighted by Gasteiger charge is 2.20. The van der Waals surface area contributed by atoms with Gasteiger partial charge in [-0.1, -0.05) is 0 Å². The van der Waals surface area contributed by atoms with Crippen molar-refractivity contribution in [3.05, 3.63) is 42.0 Å². The van der Waals surface area contributed by atoms with Crippen LogP contribution in [-0.2, 0) is 11.2 Å². The average molecular weight is 292 g/mol. The zero-order valence-corrected chi connectivity index (χ0v) is 11.3. The molecular weight excluding hydrogens is 278 g/mol. The number of carbonyl (C=O) groups is 1. The van der Waals surface area contributed by atoms with Crippen LogP contribution in [0.5, 0.6) is 0 Å². The lowest BCUT2D eigenvalue weighted by molar-refractivity contribution is -0.127. The fraction of sp³-hybridized carbons (Fsp3) is 0.357. The van der Waals surface area contributed by atoms with Crippen LogP contribution in [0.15, 0.2) is 24.5 Å². The molecule has 2 heterocycles. The summed E-state index contributed by atoms with van der Waals surface area (Å²) in [7, 11) is 0. The summed E-state index contributed by atoms with van der Waals surface area (Å²) in [5.41, 5.74) is 0.411. The summed E-state index contributed by atoms with van der Waals surface area (Å²) in [6.45, 7) is 1.32. The van der Waals surface area contributed by atoms with Crippen molar-refractivity contribution >= 4 is 5.91 Å². The van der Waals surface area contributed by atoms with Crippen LogP contribution in [0.25, 0.3) is 5.69 Å². The molecule has 1 saturated heterocycles. The lowest BCUT2D eigenvalue weighted by atomic mass is 10.3. The molecule has 1 aromatic carbocycles. The number of halogens is 2. The van der Waals surface area contributed by atoms with Crippen molar-refractivity contribution in [2.24, 2.45) is 0 Å². The van der Waals surface area contributed by atoms with E-state index in [0.29, 0.717) is 30.9 Å². The molecule has 1 aromatic heterocycles. The van der Waals surface area contributed by atoms with Crippen LogP contribution in [0.3, 0.4) is 0 Å². The number of aromatic nitrogens is 3. The van der Waals surface area contributed by atoms with Crippen molar-refractivity contribution in [3.8, 4) is 5.69 Å². The van der Waals surface area contributed by atoms with E-state index in [4.69, 9.17) is 0 Å². The second kappa shape index (κ2) is 5.59. The minimum Gasteiger partial charge on any atom is -0.342 e. The molecule has 21 heavy (non-hydrogen) atoms. The van der Waals surface area contributed by atoms with E-state index in [1.807, 2.05) is 0 Å². The molecule has 5 nitrogen and oxygen atoms in total. The molecule has 0 atom stereocenters. The Morgan fingerprint density at radius 2 is 2.10 bits per heavy atom. The van der Waals surface area contributed by atoms with Gasteiger partial charge in [0.1, 0.15) is 12.2 Å². The van der Waals surface area contributed by atoms with Crippen LogP contribution >= 0.6 is 0 Å². The zero-order valence-electron chi connectivity index (χ0n) is 11.3. The predicted octanol–water partition coefficient (Wildman–Crippen LogP) is 1.71. The van der Waals surface area contributed by atoms with Gasteiger partial charge in [-0.15, -0.1) is 0 Å². The first-order valence-electron chi connectivity index (χ1n) is 6.77. The van der Waals surface area contributed by atoms with Gasteiger partial charge in [0.15, 0.2) is 11.6 Å². The third-order valence-corrected chi connectivity index (χ3v) is 3.54. The maximum atomic E-state index is 13.3. The van der Waals surface area contributed by atoms with Gasteiger partial charge >= 0.3 is 0 Å². The number of hydrogen-bond donors (Lipinski definition) is 0. The Balaban J connectivity index is 1.77. The monoisotopic (exact) mass is 292 g/mol. The number of nitrogens with zero attached hydrogens (tertiary/aromatic N) is 4. The van der Waals surface area contributed by atoms with Crippen molar-refractivity contribution < 1.29 is 13.6 Å². The highest BCUT2D eigenvalue weighted by Crippen LogP contribution is 2.15. The van der Waals surface area contributed by atoms with Crippen molar-refractivity contribution in [1.82, 2.24) is 19.7 Å². The molecule has 0 N–H and O–H groups in total. The van der Waals surface area contributed by atoms with Crippen molar-refractivity contribution in [2.75, 3.05) is 13.1 Å². The largest absolute Gasteiger partial charge is 0.342 e. The second-order valence-electron chi connectivity index (χ2n) is 4.92. The van der Waals surface area contributed by atoms with Gasteiger partial charge in [0.2, 0.25) is 5.91 Å². The highest BCUT2D eigenvalue weighted by atomic mass is 19.2. The summed E-state index contributed by atoms with van der Waals surface area (Å²) in [5, 5.41) is 4.03.